The lowest BCUT2D eigenvalue weighted by Gasteiger charge is -2.29. The van der Waals surface area contributed by atoms with Gasteiger partial charge in [-0.05, 0) is 90.5 Å². The van der Waals surface area contributed by atoms with E-state index < -0.39 is 23.4 Å². The third-order valence-electron chi connectivity index (χ3n) is 8.32. The van der Waals surface area contributed by atoms with Crippen LogP contribution < -0.4 is 10.6 Å². The number of unbranched alkanes of at least 4 members (excludes halogenated alkanes) is 1. The average molecular weight is 717 g/mol. The molecule has 12 heteroatoms. The van der Waals surface area contributed by atoms with Crippen LogP contribution in [-0.2, 0) is 31.9 Å². The van der Waals surface area contributed by atoms with Gasteiger partial charge in [0.05, 0.1) is 12.8 Å². The fraction of sp³-hybridized carbons (Fsp3) is 0.500. The predicted octanol–water partition coefficient (Wildman–Crippen LogP) is 6.70. The van der Waals surface area contributed by atoms with Crippen molar-refractivity contribution < 1.29 is 28.7 Å². The lowest BCUT2D eigenvalue weighted by molar-refractivity contribution is -0.121. The molecule has 0 unspecified atom stereocenters. The van der Waals surface area contributed by atoms with Crippen LogP contribution >= 0.6 is 0 Å². The second-order valence-electron chi connectivity index (χ2n) is 15.1. The van der Waals surface area contributed by atoms with Crippen LogP contribution in [0.5, 0.6) is 0 Å². The Morgan fingerprint density at radius 3 is 1.33 bits per heavy atom. The van der Waals surface area contributed by atoms with Crippen LogP contribution in [0.25, 0.3) is 21.8 Å². The summed E-state index contributed by atoms with van der Waals surface area (Å²) in [6.45, 7) is 13.5. The monoisotopic (exact) mass is 716 g/mol. The Hall–Kier alpha value is -5.00. The standard InChI is InChI=1S/C40H56N6O6/c1-39(2,3)51-37(49)45(23-13-19-41-35(47)25-29-27-43-33-17-9-7-15-31(29)33)21-11-12-22-46(38(50)52-40(4,5)6)24-14-20-42-36(48)26-30-28-44-34-18-10-8-16-32(30)34/h7-10,15-18,27-28,43-44H,11-14,19-26H2,1-6H3,(H,41,47)(H,42,48). The largest absolute Gasteiger partial charge is 0.444 e. The molecule has 282 valence electrons. The first-order valence-corrected chi connectivity index (χ1v) is 18.3. The number of para-hydroxylation sites is 2. The van der Waals surface area contributed by atoms with Gasteiger partial charge >= 0.3 is 12.2 Å². The molecule has 4 N–H and O–H groups in total. The van der Waals surface area contributed by atoms with Gasteiger partial charge in [-0.3, -0.25) is 9.59 Å². The molecule has 4 amide bonds. The van der Waals surface area contributed by atoms with Crippen molar-refractivity contribution in [2.45, 2.75) is 91.3 Å². The molecule has 2 aromatic heterocycles. The number of hydrogen-bond donors (Lipinski definition) is 4. The van der Waals surface area contributed by atoms with E-state index in [1.54, 1.807) is 9.80 Å². The Balaban J connectivity index is 1.23. The number of rotatable bonds is 17. The number of ether oxygens (including phenoxy) is 2. The maximum Gasteiger partial charge on any atom is 0.410 e. The molecule has 0 radical (unpaired) electrons. The van der Waals surface area contributed by atoms with Crippen molar-refractivity contribution in [3.63, 3.8) is 0 Å². The Labute approximate surface area is 307 Å². The van der Waals surface area contributed by atoms with Gasteiger partial charge in [-0.2, -0.15) is 0 Å². The topological polar surface area (TPSA) is 149 Å². The number of aromatic nitrogens is 2. The number of aromatic amines is 2. The van der Waals surface area contributed by atoms with E-state index in [1.165, 1.54) is 0 Å². The molecule has 4 rings (SSSR count). The highest BCUT2D eigenvalue weighted by Crippen LogP contribution is 2.19. The number of nitrogens with one attached hydrogen (secondary N) is 4. The molecule has 0 aliphatic heterocycles. The molecule has 0 atom stereocenters. The lowest BCUT2D eigenvalue weighted by Crippen LogP contribution is -2.40. The number of hydrogen-bond acceptors (Lipinski definition) is 6. The minimum Gasteiger partial charge on any atom is -0.444 e. The number of carbonyl (C=O) groups excluding carboxylic acids is 4. The molecule has 2 heterocycles. The number of fused-ring (bicyclic) bond motifs is 2. The van der Waals surface area contributed by atoms with E-state index in [9.17, 15) is 19.2 Å². The summed E-state index contributed by atoms with van der Waals surface area (Å²) in [6, 6.07) is 15.8. The van der Waals surface area contributed by atoms with Crippen LogP contribution in [0.15, 0.2) is 60.9 Å². The summed E-state index contributed by atoms with van der Waals surface area (Å²) in [6.07, 6.45) is 5.84. The Morgan fingerprint density at radius 2 is 0.942 bits per heavy atom. The zero-order valence-electron chi connectivity index (χ0n) is 31.6. The first kappa shape index (κ1) is 39.8. The Morgan fingerprint density at radius 1 is 0.577 bits per heavy atom. The van der Waals surface area contributed by atoms with Gasteiger partial charge in [-0.25, -0.2) is 9.59 Å². The fourth-order valence-electron chi connectivity index (χ4n) is 5.87. The number of amides is 4. The minimum atomic E-state index is -0.652. The van der Waals surface area contributed by atoms with Crippen molar-refractivity contribution in [1.82, 2.24) is 30.4 Å². The Bertz CT molecular complexity index is 1650. The van der Waals surface area contributed by atoms with E-state index in [-0.39, 0.29) is 24.7 Å². The molecule has 0 aliphatic carbocycles. The molecule has 4 aromatic rings. The molecule has 0 aliphatic rings. The van der Waals surface area contributed by atoms with Crippen molar-refractivity contribution in [3.8, 4) is 0 Å². The number of H-pyrrole nitrogens is 2. The number of nitrogens with zero attached hydrogens (tertiary/aromatic N) is 2. The van der Waals surface area contributed by atoms with Gasteiger partial charge in [0.1, 0.15) is 11.2 Å². The van der Waals surface area contributed by atoms with E-state index in [0.29, 0.717) is 65.0 Å². The highest BCUT2D eigenvalue weighted by atomic mass is 16.6. The normalized spacial score (nSPS) is 11.7. The number of carbonyl (C=O) groups is 4. The molecule has 52 heavy (non-hydrogen) atoms. The van der Waals surface area contributed by atoms with Gasteiger partial charge < -0.3 is 39.9 Å². The van der Waals surface area contributed by atoms with Crippen LogP contribution in [-0.4, -0.2) is 94.2 Å². The van der Waals surface area contributed by atoms with Crippen LogP contribution in [0.2, 0.25) is 0 Å². The molecule has 12 nitrogen and oxygen atoms in total. The minimum absolute atomic E-state index is 0.0790. The van der Waals surface area contributed by atoms with Gasteiger partial charge in [-0.15, -0.1) is 0 Å². The van der Waals surface area contributed by atoms with Crippen LogP contribution in [0.4, 0.5) is 9.59 Å². The number of benzene rings is 2. The van der Waals surface area contributed by atoms with Crippen molar-refractivity contribution >= 4 is 45.8 Å². The third-order valence-corrected chi connectivity index (χ3v) is 8.32. The summed E-state index contributed by atoms with van der Waals surface area (Å²) in [5.74, 6) is -0.158. The van der Waals surface area contributed by atoms with Gasteiger partial charge in [-0.1, -0.05) is 36.4 Å². The summed E-state index contributed by atoms with van der Waals surface area (Å²) in [5.41, 5.74) is 2.57. The highest BCUT2D eigenvalue weighted by Gasteiger charge is 2.24. The van der Waals surface area contributed by atoms with E-state index in [0.717, 1.165) is 32.9 Å². The van der Waals surface area contributed by atoms with E-state index in [4.69, 9.17) is 9.47 Å². The van der Waals surface area contributed by atoms with Crippen LogP contribution in [0.1, 0.15) is 78.4 Å². The average Bonchev–Trinajstić information content (AvgIpc) is 3.67. The summed E-state index contributed by atoms with van der Waals surface area (Å²) in [7, 11) is 0. The molecule has 0 saturated heterocycles. The molecule has 0 saturated carbocycles. The fourth-order valence-corrected chi connectivity index (χ4v) is 5.87. The maximum atomic E-state index is 13.1. The van der Waals surface area contributed by atoms with Gasteiger partial charge in [0.2, 0.25) is 11.8 Å². The lowest BCUT2D eigenvalue weighted by atomic mass is 10.1. The first-order chi connectivity index (χ1) is 24.7. The molecule has 2 aromatic carbocycles. The molecular weight excluding hydrogens is 660 g/mol. The summed E-state index contributed by atoms with van der Waals surface area (Å²) in [5, 5.41) is 8.01. The zero-order valence-corrected chi connectivity index (χ0v) is 31.6. The highest BCUT2D eigenvalue weighted by molar-refractivity contribution is 5.89. The van der Waals surface area contributed by atoms with Crippen LogP contribution in [0.3, 0.4) is 0 Å². The van der Waals surface area contributed by atoms with Crippen LogP contribution in [0, 0.1) is 0 Å². The van der Waals surface area contributed by atoms with Crippen molar-refractivity contribution in [1.29, 1.82) is 0 Å². The summed E-state index contributed by atoms with van der Waals surface area (Å²) >= 11 is 0. The molecule has 0 spiro atoms. The van der Waals surface area contributed by atoms with E-state index in [2.05, 4.69) is 20.6 Å². The second-order valence-corrected chi connectivity index (χ2v) is 15.1. The van der Waals surface area contributed by atoms with Crippen molar-refractivity contribution in [3.05, 3.63) is 72.1 Å². The van der Waals surface area contributed by atoms with Gasteiger partial charge in [0.25, 0.3) is 0 Å². The summed E-state index contributed by atoms with van der Waals surface area (Å²) < 4.78 is 11.3. The Kier molecular flexibility index (Phi) is 14.1. The molecule has 0 bridgehead atoms. The molecule has 0 fully saturated rings. The van der Waals surface area contributed by atoms with E-state index >= 15 is 0 Å². The predicted molar refractivity (Wildman–Crippen MR) is 204 cm³/mol. The quantitative estimate of drug-likeness (QED) is 0.0894. The molecular formula is C40H56N6O6. The smallest absolute Gasteiger partial charge is 0.410 e. The van der Waals surface area contributed by atoms with Crippen molar-refractivity contribution in [2.24, 2.45) is 0 Å². The first-order valence-electron chi connectivity index (χ1n) is 18.3. The maximum absolute atomic E-state index is 13.1. The third kappa shape index (κ3) is 13.0. The SMILES string of the molecule is CC(C)(C)OC(=O)N(CCCCN(CCCNC(=O)Cc1c[nH]c2ccccc12)C(=O)OC(C)(C)C)CCCNC(=O)Cc1c[nH]c2ccccc12. The van der Waals surface area contributed by atoms with Gasteiger partial charge in [0.15, 0.2) is 0 Å². The second kappa shape index (κ2) is 18.5. The van der Waals surface area contributed by atoms with Gasteiger partial charge in [0, 0.05) is 73.5 Å². The van der Waals surface area contributed by atoms with E-state index in [1.807, 2.05) is 102 Å². The zero-order chi connectivity index (χ0) is 37.7. The summed E-state index contributed by atoms with van der Waals surface area (Å²) in [4.78, 5) is 61.3. The van der Waals surface area contributed by atoms with Crippen molar-refractivity contribution in [2.75, 3.05) is 39.3 Å².